The van der Waals surface area contributed by atoms with E-state index < -0.39 is 17.6 Å². The third-order valence-corrected chi connectivity index (χ3v) is 4.29. The zero-order valence-corrected chi connectivity index (χ0v) is 14.5. The molecule has 2 aromatic carbocycles. The maximum Gasteiger partial charge on any atom is 0.416 e. The summed E-state index contributed by atoms with van der Waals surface area (Å²) in [7, 11) is 0. The number of amides is 1. The van der Waals surface area contributed by atoms with Crippen molar-refractivity contribution in [2.45, 2.75) is 6.18 Å². The summed E-state index contributed by atoms with van der Waals surface area (Å²) in [4.78, 5) is 11.8. The first kappa shape index (κ1) is 19.5. The van der Waals surface area contributed by atoms with Crippen molar-refractivity contribution < 1.29 is 22.7 Å². The van der Waals surface area contributed by atoms with Crippen molar-refractivity contribution in [2.75, 3.05) is 23.4 Å². The van der Waals surface area contributed by atoms with Gasteiger partial charge in [0, 0.05) is 5.75 Å². The van der Waals surface area contributed by atoms with Gasteiger partial charge in [0.25, 0.3) is 0 Å². The molecule has 0 spiro atoms. The Kier molecular flexibility index (Phi) is 7.01. The predicted molar refractivity (Wildman–Crippen MR) is 94.3 cm³/mol. The smallest absolute Gasteiger partial charge is 0.416 e. The van der Waals surface area contributed by atoms with E-state index in [1.54, 1.807) is 0 Å². The van der Waals surface area contributed by atoms with E-state index in [0.717, 1.165) is 23.9 Å². The lowest BCUT2D eigenvalue weighted by Gasteiger charge is -2.11. The van der Waals surface area contributed by atoms with Crippen molar-refractivity contribution in [1.29, 1.82) is 0 Å². The monoisotopic (exact) mass is 389 g/mol. The summed E-state index contributed by atoms with van der Waals surface area (Å²) in [6, 6.07) is 12.0. The fourth-order valence-electron chi connectivity index (χ4n) is 1.88. The molecule has 25 heavy (non-hydrogen) atoms. The van der Waals surface area contributed by atoms with Gasteiger partial charge >= 0.3 is 6.18 Å². The molecule has 0 aromatic heterocycles. The SMILES string of the molecule is O=C(CSCCOc1ccccc1)Nc1cc(C(F)(F)F)ccc1Cl. The summed E-state index contributed by atoms with van der Waals surface area (Å²) in [6.07, 6.45) is -4.49. The lowest BCUT2D eigenvalue weighted by Crippen LogP contribution is -2.16. The largest absolute Gasteiger partial charge is 0.493 e. The molecule has 0 unspecified atom stereocenters. The number of anilines is 1. The van der Waals surface area contributed by atoms with Crippen LogP contribution in [0.4, 0.5) is 18.9 Å². The predicted octanol–water partition coefficient (Wildman–Crippen LogP) is 5.11. The number of hydrogen-bond acceptors (Lipinski definition) is 3. The summed E-state index contributed by atoms with van der Waals surface area (Å²) < 4.78 is 43.6. The van der Waals surface area contributed by atoms with Crippen LogP contribution in [0.3, 0.4) is 0 Å². The molecule has 134 valence electrons. The molecule has 0 aliphatic rings. The van der Waals surface area contributed by atoms with Crippen molar-refractivity contribution >= 4 is 35.0 Å². The lowest BCUT2D eigenvalue weighted by molar-refractivity contribution is -0.137. The van der Waals surface area contributed by atoms with Crippen LogP contribution < -0.4 is 10.1 Å². The summed E-state index contributed by atoms with van der Waals surface area (Å²) in [5.41, 5.74) is -0.918. The Labute approximate surface area is 152 Å². The number of halogens is 4. The second-order valence-electron chi connectivity index (χ2n) is 4.95. The fraction of sp³-hybridized carbons (Fsp3) is 0.235. The molecule has 0 bridgehead atoms. The minimum absolute atomic E-state index is 0.0531. The number of nitrogens with one attached hydrogen (secondary N) is 1. The van der Waals surface area contributed by atoms with Crippen LogP contribution in [0, 0.1) is 0 Å². The third-order valence-electron chi connectivity index (χ3n) is 3.04. The van der Waals surface area contributed by atoms with Crippen LogP contribution in [0.1, 0.15) is 5.56 Å². The number of alkyl halides is 3. The summed E-state index contributed by atoms with van der Waals surface area (Å²) in [6.45, 7) is 0.423. The number of carbonyl (C=O) groups excluding carboxylic acids is 1. The van der Waals surface area contributed by atoms with Crippen LogP contribution >= 0.6 is 23.4 Å². The van der Waals surface area contributed by atoms with Crippen molar-refractivity contribution in [3.63, 3.8) is 0 Å². The van der Waals surface area contributed by atoms with Gasteiger partial charge in [0.05, 0.1) is 28.6 Å². The summed E-state index contributed by atoms with van der Waals surface area (Å²) in [5.74, 6) is 0.970. The van der Waals surface area contributed by atoms with Crippen molar-refractivity contribution in [3.05, 3.63) is 59.1 Å². The van der Waals surface area contributed by atoms with Gasteiger partial charge in [0.2, 0.25) is 5.91 Å². The molecule has 0 heterocycles. The molecule has 0 fully saturated rings. The highest BCUT2D eigenvalue weighted by Crippen LogP contribution is 2.33. The number of benzene rings is 2. The molecule has 0 aliphatic carbocycles. The maximum atomic E-state index is 12.7. The molecule has 0 atom stereocenters. The van der Waals surface area contributed by atoms with E-state index in [4.69, 9.17) is 16.3 Å². The van der Waals surface area contributed by atoms with Crippen molar-refractivity contribution in [2.24, 2.45) is 0 Å². The Hall–Kier alpha value is -1.86. The molecule has 0 saturated carbocycles. The standard InChI is InChI=1S/C17H15ClF3NO2S/c18-14-7-6-12(17(19,20)21)10-15(14)22-16(23)11-25-9-8-24-13-4-2-1-3-5-13/h1-7,10H,8-9,11H2,(H,22,23). The maximum absolute atomic E-state index is 12.7. The number of para-hydroxylation sites is 1. The van der Waals surface area contributed by atoms with Gasteiger partial charge in [-0.1, -0.05) is 29.8 Å². The first-order chi connectivity index (χ1) is 11.9. The van der Waals surface area contributed by atoms with E-state index in [1.807, 2.05) is 30.3 Å². The van der Waals surface area contributed by atoms with Gasteiger partial charge in [0.1, 0.15) is 5.75 Å². The van der Waals surface area contributed by atoms with E-state index in [0.29, 0.717) is 12.4 Å². The molecular formula is C17H15ClF3NO2S. The zero-order chi connectivity index (χ0) is 18.3. The Morgan fingerprint density at radius 1 is 1.16 bits per heavy atom. The molecule has 3 nitrogen and oxygen atoms in total. The number of thioether (sulfide) groups is 1. The Balaban J connectivity index is 1.77. The van der Waals surface area contributed by atoms with Gasteiger partial charge in [0.15, 0.2) is 0 Å². The van der Waals surface area contributed by atoms with Gasteiger partial charge in [-0.05, 0) is 30.3 Å². The van der Waals surface area contributed by atoms with Gasteiger partial charge in [-0.3, -0.25) is 4.79 Å². The Morgan fingerprint density at radius 2 is 1.88 bits per heavy atom. The van der Waals surface area contributed by atoms with Gasteiger partial charge in [-0.2, -0.15) is 13.2 Å². The second kappa shape index (κ2) is 9.01. The third kappa shape index (κ3) is 6.51. The van der Waals surface area contributed by atoms with Crippen LogP contribution in [0.2, 0.25) is 5.02 Å². The fourth-order valence-corrected chi connectivity index (χ4v) is 2.65. The van der Waals surface area contributed by atoms with E-state index in [9.17, 15) is 18.0 Å². The number of ether oxygens (including phenoxy) is 1. The van der Waals surface area contributed by atoms with Crippen molar-refractivity contribution in [1.82, 2.24) is 0 Å². The quantitative estimate of drug-likeness (QED) is 0.669. The first-order valence-corrected chi connectivity index (χ1v) is 8.82. The second-order valence-corrected chi connectivity index (χ2v) is 6.47. The average Bonchev–Trinajstić information content (AvgIpc) is 2.56. The normalized spacial score (nSPS) is 11.2. The zero-order valence-electron chi connectivity index (χ0n) is 13.0. The van der Waals surface area contributed by atoms with Crippen LogP contribution in [0.15, 0.2) is 48.5 Å². The highest BCUT2D eigenvalue weighted by atomic mass is 35.5. The first-order valence-electron chi connectivity index (χ1n) is 7.28. The molecule has 0 aliphatic heterocycles. The molecule has 0 saturated heterocycles. The lowest BCUT2D eigenvalue weighted by atomic mass is 10.2. The van der Waals surface area contributed by atoms with Gasteiger partial charge in [-0.15, -0.1) is 11.8 Å². The van der Waals surface area contributed by atoms with Gasteiger partial charge < -0.3 is 10.1 Å². The molecule has 1 amide bonds. The molecule has 0 radical (unpaired) electrons. The minimum Gasteiger partial charge on any atom is -0.493 e. The van der Waals surface area contributed by atoms with E-state index in [-0.39, 0.29) is 16.5 Å². The van der Waals surface area contributed by atoms with E-state index in [2.05, 4.69) is 5.32 Å². The van der Waals surface area contributed by atoms with E-state index in [1.165, 1.54) is 11.8 Å². The van der Waals surface area contributed by atoms with Crippen LogP contribution in [0.5, 0.6) is 5.75 Å². The number of carbonyl (C=O) groups is 1. The summed E-state index contributed by atoms with van der Waals surface area (Å²) in [5, 5.41) is 2.45. The minimum atomic E-state index is -4.49. The van der Waals surface area contributed by atoms with Crippen LogP contribution in [-0.2, 0) is 11.0 Å². The highest BCUT2D eigenvalue weighted by Gasteiger charge is 2.31. The average molecular weight is 390 g/mol. The van der Waals surface area contributed by atoms with E-state index >= 15 is 0 Å². The van der Waals surface area contributed by atoms with Gasteiger partial charge in [-0.25, -0.2) is 0 Å². The molecule has 2 aromatic rings. The van der Waals surface area contributed by atoms with Crippen LogP contribution in [-0.4, -0.2) is 24.0 Å². The highest BCUT2D eigenvalue weighted by molar-refractivity contribution is 7.99. The molecule has 8 heteroatoms. The summed E-state index contributed by atoms with van der Waals surface area (Å²) >= 11 is 7.15. The molecule has 2 rings (SSSR count). The number of rotatable bonds is 7. The van der Waals surface area contributed by atoms with Crippen LogP contribution in [0.25, 0.3) is 0 Å². The Bertz CT molecular complexity index is 711. The number of hydrogen-bond donors (Lipinski definition) is 1. The van der Waals surface area contributed by atoms with Crippen molar-refractivity contribution in [3.8, 4) is 5.75 Å². The Morgan fingerprint density at radius 3 is 2.56 bits per heavy atom. The topological polar surface area (TPSA) is 38.3 Å². The molecule has 1 N–H and O–H groups in total. The molecular weight excluding hydrogens is 375 g/mol.